The molecular weight excluding hydrogens is 428 g/mol. The van der Waals surface area contributed by atoms with Crippen LogP contribution in [0.1, 0.15) is 29.8 Å². The highest BCUT2D eigenvalue weighted by molar-refractivity contribution is 6.00. The Morgan fingerprint density at radius 1 is 1.12 bits per heavy atom. The number of nitrogens with zero attached hydrogens (tertiary/aromatic N) is 5. The molecule has 1 unspecified atom stereocenters. The molecule has 2 aromatic heterocycles. The van der Waals surface area contributed by atoms with Crippen LogP contribution in [0, 0.1) is 5.82 Å². The standard InChI is InChI=1S/C21H20F4N6O/c1-3-31(13(2)10-28-20-29-11-14(12-30-20)21(23,24)25)19(32)16-6-5-15(22)9-17(16)18-26-7-4-8-27-18/h4-9,11-13H,3,10H2,1-2H3,(H,28,29,30). The molecule has 0 saturated heterocycles. The van der Waals surface area contributed by atoms with Crippen molar-refractivity contribution in [1.82, 2.24) is 24.8 Å². The van der Waals surface area contributed by atoms with Crippen molar-refractivity contribution in [3.63, 3.8) is 0 Å². The molecule has 1 atom stereocenters. The lowest BCUT2D eigenvalue weighted by molar-refractivity contribution is -0.138. The number of benzene rings is 1. The maximum absolute atomic E-state index is 13.9. The zero-order valence-corrected chi connectivity index (χ0v) is 17.3. The fourth-order valence-corrected chi connectivity index (χ4v) is 3.05. The van der Waals surface area contributed by atoms with Gasteiger partial charge in [0.05, 0.1) is 11.1 Å². The summed E-state index contributed by atoms with van der Waals surface area (Å²) in [5, 5.41) is 2.83. The SMILES string of the molecule is CCN(C(=O)c1ccc(F)cc1-c1ncccn1)C(C)CNc1ncc(C(F)(F)F)cn1. The average Bonchev–Trinajstić information content (AvgIpc) is 2.78. The summed E-state index contributed by atoms with van der Waals surface area (Å²) < 4.78 is 51.8. The van der Waals surface area contributed by atoms with E-state index in [1.807, 2.05) is 0 Å². The molecule has 1 amide bonds. The zero-order chi connectivity index (χ0) is 23.3. The van der Waals surface area contributed by atoms with Crippen LogP contribution in [0.25, 0.3) is 11.4 Å². The van der Waals surface area contributed by atoms with Crippen molar-refractivity contribution in [2.45, 2.75) is 26.1 Å². The van der Waals surface area contributed by atoms with E-state index in [-0.39, 0.29) is 41.4 Å². The van der Waals surface area contributed by atoms with E-state index in [4.69, 9.17) is 0 Å². The number of carbonyl (C=O) groups excluding carboxylic acids is 1. The maximum Gasteiger partial charge on any atom is 0.419 e. The number of rotatable bonds is 7. The summed E-state index contributed by atoms with van der Waals surface area (Å²) in [6.07, 6.45) is -0.154. The number of nitrogens with one attached hydrogen (secondary N) is 1. The lowest BCUT2D eigenvalue weighted by Gasteiger charge is -2.29. The summed E-state index contributed by atoms with van der Waals surface area (Å²) in [6, 6.07) is 5.00. The van der Waals surface area contributed by atoms with Crippen LogP contribution in [-0.4, -0.2) is 49.9 Å². The minimum absolute atomic E-state index is 0.00788. The molecule has 0 bridgehead atoms. The molecule has 11 heteroatoms. The van der Waals surface area contributed by atoms with Gasteiger partial charge in [0.15, 0.2) is 5.82 Å². The van der Waals surface area contributed by atoms with Crippen molar-refractivity contribution in [3.8, 4) is 11.4 Å². The van der Waals surface area contributed by atoms with Gasteiger partial charge in [0.1, 0.15) is 5.82 Å². The molecular formula is C21H20F4N6O. The second-order valence-corrected chi connectivity index (χ2v) is 6.88. The molecule has 2 heterocycles. The summed E-state index contributed by atoms with van der Waals surface area (Å²) in [5.74, 6) is -0.664. The van der Waals surface area contributed by atoms with Gasteiger partial charge in [0.25, 0.3) is 5.91 Å². The van der Waals surface area contributed by atoms with Gasteiger partial charge in [-0.1, -0.05) is 0 Å². The quantitative estimate of drug-likeness (QED) is 0.549. The molecule has 3 aromatic rings. The van der Waals surface area contributed by atoms with Crippen LogP contribution >= 0.6 is 0 Å². The molecule has 0 fully saturated rings. The second-order valence-electron chi connectivity index (χ2n) is 6.88. The Kier molecular flexibility index (Phi) is 6.96. The van der Waals surface area contributed by atoms with E-state index in [1.54, 1.807) is 19.9 Å². The van der Waals surface area contributed by atoms with Crippen LogP contribution in [-0.2, 0) is 6.18 Å². The van der Waals surface area contributed by atoms with Gasteiger partial charge >= 0.3 is 6.18 Å². The lowest BCUT2D eigenvalue weighted by atomic mass is 10.0. The highest BCUT2D eigenvalue weighted by Gasteiger charge is 2.31. The number of hydrogen-bond donors (Lipinski definition) is 1. The third kappa shape index (κ3) is 5.34. The number of alkyl halides is 3. The van der Waals surface area contributed by atoms with Crippen LogP contribution in [0.15, 0.2) is 49.1 Å². The Hall–Kier alpha value is -3.63. The van der Waals surface area contributed by atoms with Gasteiger partial charge in [-0.2, -0.15) is 13.2 Å². The summed E-state index contributed by atoms with van der Waals surface area (Å²) in [5.41, 5.74) is -0.453. The normalized spacial score (nSPS) is 12.3. The molecule has 0 aliphatic heterocycles. The number of amides is 1. The van der Waals surface area contributed by atoms with Crippen molar-refractivity contribution in [2.24, 2.45) is 0 Å². The van der Waals surface area contributed by atoms with E-state index in [0.717, 1.165) is 0 Å². The number of carbonyl (C=O) groups is 1. The first-order valence-corrected chi connectivity index (χ1v) is 9.71. The molecule has 32 heavy (non-hydrogen) atoms. The van der Waals surface area contributed by atoms with E-state index in [1.165, 1.54) is 35.5 Å². The van der Waals surface area contributed by atoms with Gasteiger partial charge in [0.2, 0.25) is 5.95 Å². The van der Waals surface area contributed by atoms with Crippen molar-refractivity contribution in [2.75, 3.05) is 18.4 Å². The van der Waals surface area contributed by atoms with E-state index in [9.17, 15) is 22.4 Å². The van der Waals surface area contributed by atoms with Gasteiger partial charge in [-0.25, -0.2) is 24.3 Å². The summed E-state index contributed by atoms with van der Waals surface area (Å²) >= 11 is 0. The molecule has 7 nitrogen and oxygen atoms in total. The van der Waals surface area contributed by atoms with Gasteiger partial charge in [0, 0.05) is 49.5 Å². The predicted molar refractivity (Wildman–Crippen MR) is 109 cm³/mol. The van der Waals surface area contributed by atoms with Gasteiger partial charge in [-0.15, -0.1) is 0 Å². The van der Waals surface area contributed by atoms with Crippen molar-refractivity contribution in [1.29, 1.82) is 0 Å². The zero-order valence-electron chi connectivity index (χ0n) is 17.3. The molecule has 168 valence electrons. The van der Waals surface area contributed by atoms with E-state index in [0.29, 0.717) is 18.9 Å². The van der Waals surface area contributed by atoms with Crippen LogP contribution in [0.3, 0.4) is 0 Å². The number of hydrogen-bond acceptors (Lipinski definition) is 6. The molecule has 1 aromatic carbocycles. The molecule has 0 aliphatic rings. The Morgan fingerprint density at radius 2 is 1.78 bits per heavy atom. The molecule has 0 saturated carbocycles. The number of aromatic nitrogens is 4. The molecule has 0 radical (unpaired) electrons. The Morgan fingerprint density at radius 3 is 2.38 bits per heavy atom. The molecule has 3 rings (SSSR count). The largest absolute Gasteiger partial charge is 0.419 e. The number of anilines is 1. The van der Waals surface area contributed by atoms with Crippen molar-refractivity contribution >= 4 is 11.9 Å². The number of halogens is 4. The van der Waals surface area contributed by atoms with Crippen LogP contribution in [0.4, 0.5) is 23.5 Å². The van der Waals surface area contributed by atoms with E-state index >= 15 is 0 Å². The van der Waals surface area contributed by atoms with Crippen LogP contribution < -0.4 is 5.32 Å². The fourth-order valence-electron chi connectivity index (χ4n) is 3.05. The smallest absolute Gasteiger partial charge is 0.352 e. The molecule has 1 N–H and O–H groups in total. The fraction of sp³-hybridized carbons (Fsp3) is 0.286. The summed E-state index contributed by atoms with van der Waals surface area (Å²) in [7, 11) is 0. The van der Waals surface area contributed by atoms with Gasteiger partial charge in [-0.05, 0) is 38.1 Å². The Balaban J connectivity index is 1.76. The van der Waals surface area contributed by atoms with Crippen LogP contribution in [0.5, 0.6) is 0 Å². The third-order valence-electron chi connectivity index (χ3n) is 4.69. The molecule has 0 spiro atoms. The first kappa shape index (κ1) is 23.0. The van der Waals surface area contributed by atoms with Crippen molar-refractivity contribution < 1.29 is 22.4 Å². The predicted octanol–water partition coefficient (Wildman–Crippen LogP) is 4.05. The van der Waals surface area contributed by atoms with Crippen molar-refractivity contribution in [3.05, 3.63) is 66.0 Å². The van der Waals surface area contributed by atoms with Gasteiger partial charge in [-0.3, -0.25) is 4.79 Å². The summed E-state index contributed by atoms with van der Waals surface area (Å²) in [4.78, 5) is 30.3. The minimum Gasteiger partial charge on any atom is -0.352 e. The maximum atomic E-state index is 13.9. The topological polar surface area (TPSA) is 83.9 Å². The Labute approximate surface area is 181 Å². The highest BCUT2D eigenvalue weighted by atomic mass is 19.4. The second kappa shape index (κ2) is 9.67. The van der Waals surface area contributed by atoms with E-state index in [2.05, 4.69) is 25.3 Å². The van der Waals surface area contributed by atoms with E-state index < -0.39 is 17.6 Å². The first-order chi connectivity index (χ1) is 15.2. The number of likely N-dealkylation sites (N-methyl/N-ethyl adjacent to an activating group) is 1. The third-order valence-corrected chi connectivity index (χ3v) is 4.69. The highest BCUT2D eigenvalue weighted by Crippen LogP contribution is 2.28. The van der Waals surface area contributed by atoms with Crippen LogP contribution in [0.2, 0.25) is 0 Å². The average molecular weight is 448 g/mol. The molecule has 0 aliphatic carbocycles. The monoisotopic (exact) mass is 448 g/mol. The Bertz CT molecular complexity index is 1060. The minimum atomic E-state index is -4.52. The summed E-state index contributed by atoms with van der Waals surface area (Å²) in [6.45, 7) is 4.07. The first-order valence-electron chi connectivity index (χ1n) is 9.71. The lowest BCUT2D eigenvalue weighted by Crippen LogP contribution is -2.42. The van der Waals surface area contributed by atoms with Gasteiger partial charge < -0.3 is 10.2 Å².